The highest BCUT2D eigenvalue weighted by atomic mass is 19.4. The molecule has 0 fully saturated rings. The summed E-state index contributed by atoms with van der Waals surface area (Å²) in [7, 11) is 1.54. The minimum absolute atomic E-state index is 0.00557. The number of nitrogens with zero attached hydrogens (tertiary/aromatic N) is 8. The Labute approximate surface area is 240 Å². The lowest BCUT2D eigenvalue weighted by Crippen LogP contribution is -2.21. The molecule has 0 spiro atoms. The molecule has 6 aromatic rings. The lowest BCUT2D eigenvalue weighted by molar-refractivity contribution is -0.137. The number of aromatic nitrogens is 8. The van der Waals surface area contributed by atoms with E-state index < -0.39 is 17.8 Å². The number of carbonyl (C=O) groups is 1. The summed E-state index contributed by atoms with van der Waals surface area (Å²) < 4.78 is 52.4. The van der Waals surface area contributed by atoms with Crippen LogP contribution >= 0.6 is 0 Å². The first-order valence-electron chi connectivity index (χ1n) is 12.4. The molecule has 0 aliphatic carbocycles. The van der Waals surface area contributed by atoms with E-state index in [2.05, 4.69) is 40.9 Å². The maximum absolute atomic E-state index is 13.3. The monoisotopic (exact) mass is 588 g/mol. The maximum Gasteiger partial charge on any atom is 0.416 e. The Bertz CT molecular complexity index is 1890. The molecule has 2 amide bonds. The second-order valence-corrected chi connectivity index (χ2v) is 8.80. The maximum atomic E-state index is 13.3. The summed E-state index contributed by atoms with van der Waals surface area (Å²) in [6.07, 6.45) is 4.12. The largest absolute Gasteiger partial charge is 0.481 e. The van der Waals surface area contributed by atoms with Gasteiger partial charge in [0.15, 0.2) is 5.65 Å². The molecule has 0 aliphatic heterocycles. The molecule has 6 rings (SSSR count). The Kier molecular flexibility index (Phi) is 6.99. The molecule has 43 heavy (non-hydrogen) atoms. The van der Waals surface area contributed by atoms with E-state index in [0.717, 1.165) is 34.1 Å². The highest BCUT2D eigenvalue weighted by Gasteiger charge is 2.31. The standard InChI is InChI=1S/C27H19F3N10O3/c1-42-23-8-11-39-24(38-23)20(15-35-39)16-2-5-19(6-3-16)43-26-31-13-18(14-32-26)36-25(41)37-21-12-17(27(28,29)30)4-7-22(21)40-33-9-10-34-40/h2-15H,1H3,(H2,36,37,41). The summed E-state index contributed by atoms with van der Waals surface area (Å²) in [5.41, 5.74) is 1.47. The summed E-state index contributed by atoms with van der Waals surface area (Å²) >= 11 is 0. The van der Waals surface area contributed by atoms with Gasteiger partial charge >= 0.3 is 18.2 Å². The first kappa shape index (κ1) is 27.1. The molecule has 0 atom stereocenters. The van der Waals surface area contributed by atoms with E-state index in [4.69, 9.17) is 9.47 Å². The number of ether oxygens (including phenoxy) is 2. The van der Waals surface area contributed by atoms with Crippen LogP contribution in [-0.2, 0) is 6.18 Å². The Morgan fingerprint density at radius 2 is 1.65 bits per heavy atom. The van der Waals surface area contributed by atoms with E-state index in [1.54, 1.807) is 35.1 Å². The number of anilines is 2. The van der Waals surface area contributed by atoms with Gasteiger partial charge in [-0.25, -0.2) is 19.3 Å². The SMILES string of the molecule is COc1ccn2ncc(-c3ccc(Oc4ncc(NC(=O)Nc5cc(C(F)(F)F)ccc5-n5nccn5)cn4)cc3)c2n1. The fraction of sp³-hybridized carbons (Fsp3) is 0.0741. The van der Waals surface area contributed by atoms with Crippen molar-refractivity contribution in [3.63, 3.8) is 0 Å². The van der Waals surface area contributed by atoms with Crippen LogP contribution in [0.5, 0.6) is 17.6 Å². The van der Waals surface area contributed by atoms with Gasteiger partial charge in [-0.05, 0) is 35.9 Å². The van der Waals surface area contributed by atoms with Gasteiger partial charge in [0.1, 0.15) is 11.4 Å². The second-order valence-electron chi connectivity index (χ2n) is 8.80. The number of nitrogens with one attached hydrogen (secondary N) is 2. The van der Waals surface area contributed by atoms with E-state index in [-0.39, 0.29) is 23.1 Å². The van der Waals surface area contributed by atoms with Crippen molar-refractivity contribution in [3.05, 3.63) is 91.3 Å². The normalized spacial score (nSPS) is 11.3. The molecule has 4 aromatic heterocycles. The quantitative estimate of drug-likeness (QED) is 0.256. The average molecular weight is 589 g/mol. The smallest absolute Gasteiger partial charge is 0.416 e. The zero-order valence-corrected chi connectivity index (χ0v) is 22.0. The summed E-state index contributed by atoms with van der Waals surface area (Å²) in [5, 5.41) is 17.0. The van der Waals surface area contributed by atoms with Crippen LogP contribution < -0.4 is 20.1 Å². The number of benzene rings is 2. The lowest BCUT2D eigenvalue weighted by Gasteiger charge is -2.14. The number of carbonyl (C=O) groups excluding carboxylic acids is 1. The van der Waals surface area contributed by atoms with E-state index >= 15 is 0 Å². The van der Waals surface area contributed by atoms with E-state index in [9.17, 15) is 18.0 Å². The average Bonchev–Trinajstić information content (AvgIpc) is 3.68. The van der Waals surface area contributed by atoms with Crippen LogP contribution in [-0.4, -0.2) is 52.7 Å². The number of hydrogen-bond donors (Lipinski definition) is 2. The highest BCUT2D eigenvalue weighted by Crippen LogP contribution is 2.33. The van der Waals surface area contributed by atoms with Crippen molar-refractivity contribution in [2.24, 2.45) is 0 Å². The van der Waals surface area contributed by atoms with E-state index in [0.29, 0.717) is 17.3 Å². The predicted molar refractivity (Wildman–Crippen MR) is 146 cm³/mol. The van der Waals surface area contributed by atoms with E-state index in [1.165, 1.54) is 31.9 Å². The summed E-state index contributed by atoms with van der Waals surface area (Å²) in [6, 6.07) is 10.8. The van der Waals surface area contributed by atoms with Crippen LogP contribution in [0.1, 0.15) is 5.56 Å². The molecule has 0 bridgehead atoms. The number of rotatable bonds is 7. The molecule has 2 N–H and O–H groups in total. The Balaban J connectivity index is 1.12. The molecule has 0 aliphatic rings. The molecule has 13 nitrogen and oxygen atoms in total. The van der Waals surface area contributed by atoms with Gasteiger partial charge in [-0.15, -0.1) is 4.80 Å². The van der Waals surface area contributed by atoms with Crippen molar-refractivity contribution in [3.8, 4) is 34.5 Å². The molecule has 4 heterocycles. The van der Waals surface area contributed by atoms with Gasteiger partial charge in [-0.1, -0.05) is 12.1 Å². The fourth-order valence-corrected chi connectivity index (χ4v) is 4.02. The summed E-state index contributed by atoms with van der Waals surface area (Å²) in [4.78, 5) is 26.3. The zero-order valence-electron chi connectivity index (χ0n) is 22.0. The van der Waals surface area contributed by atoms with Crippen LogP contribution in [0.2, 0.25) is 0 Å². The second kappa shape index (κ2) is 11.1. The zero-order chi connectivity index (χ0) is 30.0. The molecule has 16 heteroatoms. The van der Waals surface area contributed by atoms with Crippen molar-refractivity contribution in [1.29, 1.82) is 0 Å². The fourth-order valence-electron chi connectivity index (χ4n) is 4.02. The van der Waals surface area contributed by atoms with Gasteiger partial charge in [-0.2, -0.15) is 33.5 Å². The van der Waals surface area contributed by atoms with Gasteiger partial charge in [0.05, 0.1) is 55.0 Å². The molecule has 216 valence electrons. The van der Waals surface area contributed by atoms with Crippen molar-refractivity contribution in [2.75, 3.05) is 17.7 Å². The number of amides is 2. The number of halogens is 3. The minimum atomic E-state index is -4.62. The number of hydrogen-bond acceptors (Lipinski definition) is 9. The Morgan fingerprint density at radius 1 is 0.907 bits per heavy atom. The van der Waals surface area contributed by atoms with Crippen molar-refractivity contribution < 1.29 is 27.4 Å². The van der Waals surface area contributed by atoms with Crippen LogP contribution in [0.25, 0.3) is 22.5 Å². The third-order valence-corrected chi connectivity index (χ3v) is 6.02. The molecule has 0 radical (unpaired) electrons. The number of fused-ring (bicyclic) bond motifs is 1. The number of methoxy groups -OCH3 is 1. The molecule has 0 saturated carbocycles. The van der Waals surface area contributed by atoms with Crippen LogP contribution in [0.3, 0.4) is 0 Å². The summed E-state index contributed by atoms with van der Waals surface area (Å²) in [6.45, 7) is 0. The van der Waals surface area contributed by atoms with Crippen LogP contribution in [0, 0.1) is 0 Å². The first-order chi connectivity index (χ1) is 20.8. The van der Waals surface area contributed by atoms with E-state index in [1.807, 2.05) is 12.1 Å². The van der Waals surface area contributed by atoms with Gasteiger partial charge in [0.25, 0.3) is 0 Å². The van der Waals surface area contributed by atoms with Gasteiger partial charge in [-0.3, -0.25) is 0 Å². The van der Waals surface area contributed by atoms with Gasteiger partial charge < -0.3 is 20.1 Å². The van der Waals surface area contributed by atoms with Gasteiger partial charge in [0, 0.05) is 17.8 Å². The molecular weight excluding hydrogens is 569 g/mol. The third-order valence-electron chi connectivity index (χ3n) is 6.02. The van der Waals surface area contributed by atoms with Crippen LogP contribution in [0.4, 0.5) is 29.3 Å². The minimum Gasteiger partial charge on any atom is -0.481 e. The van der Waals surface area contributed by atoms with Crippen molar-refractivity contribution >= 4 is 23.1 Å². The molecule has 0 saturated heterocycles. The highest BCUT2D eigenvalue weighted by molar-refractivity contribution is 6.00. The first-order valence-corrected chi connectivity index (χ1v) is 12.4. The topological polar surface area (TPSA) is 146 Å². The predicted octanol–water partition coefficient (Wildman–Crippen LogP) is 5.23. The van der Waals surface area contributed by atoms with Gasteiger partial charge in [0.2, 0.25) is 5.88 Å². The van der Waals surface area contributed by atoms with Crippen LogP contribution in [0.15, 0.2) is 85.7 Å². The number of alkyl halides is 3. The molecule has 0 unspecified atom stereocenters. The molecular formula is C27H19F3N10O3. The molecule has 2 aromatic carbocycles. The Hall–Kier alpha value is -6.06. The Morgan fingerprint density at radius 3 is 2.35 bits per heavy atom. The van der Waals surface area contributed by atoms with Crippen molar-refractivity contribution in [2.45, 2.75) is 6.18 Å². The summed E-state index contributed by atoms with van der Waals surface area (Å²) in [5.74, 6) is 0.919. The lowest BCUT2D eigenvalue weighted by atomic mass is 10.1. The number of urea groups is 1. The van der Waals surface area contributed by atoms with Crippen molar-refractivity contribution in [1.82, 2.24) is 39.6 Å². The third kappa shape index (κ3) is 5.88.